The van der Waals surface area contributed by atoms with Crippen molar-refractivity contribution < 1.29 is 4.79 Å². The number of thiazole rings is 1. The molecule has 0 saturated heterocycles. The van der Waals surface area contributed by atoms with Crippen molar-refractivity contribution in [2.45, 2.75) is 13.0 Å². The number of thiophene rings is 1. The predicted molar refractivity (Wildman–Crippen MR) is 108 cm³/mol. The van der Waals surface area contributed by atoms with Crippen LogP contribution in [0.15, 0.2) is 60.8 Å². The zero-order valence-electron chi connectivity index (χ0n) is 13.6. The number of benzene rings is 1. The normalized spacial score (nSPS) is 11.0. The van der Waals surface area contributed by atoms with Crippen molar-refractivity contribution in [2.24, 2.45) is 0 Å². The molecule has 4 aromatic rings. The van der Waals surface area contributed by atoms with Crippen LogP contribution in [0.4, 0.5) is 5.13 Å². The zero-order valence-corrected chi connectivity index (χ0v) is 16.0. The summed E-state index contributed by atoms with van der Waals surface area (Å²) in [5, 5.41) is 0.685. The Bertz CT molecular complexity index is 1010. The molecule has 0 fully saturated rings. The van der Waals surface area contributed by atoms with Crippen LogP contribution in [0.5, 0.6) is 0 Å². The van der Waals surface area contributed by atoms with Crippen LogP contribution >= 0.6 is 34.3 Å². The highest BCUT2D eigenvalue weighted by atomic mass is 35.5. The van der Waals surface area contributed by atoms with Gasteiger partial charge in [0, 0.05) is 11.1 Å². The minimum absolute atomic E-state index is 0.0202. The molecule has 0 N–H and O–H groups in total. The van der Waals surface area contributed by atoms with E-state index in [4.69, 9.17) is 11.6 Å². The lowest BCUT2D eigenvalue weighted by Gasteiger charge is -2.19. The number of halogens is 1. The van der Waals surface area contributed by atoms with Crippen molar-refractivity contribution in [1.82, 2.24) is 9.97 Å². The van der Waals surface area contributed by atoms with Crippen LogP contribution in [0.3, 0.4) is 0 Å². The Morgan fingerprint density at radius 2 is 1.88 bits per heavy atom. The highest BCUT2D eigenvalue weighted by molar-refractivity contribution is 7.22. The van der Waals surface area contributed by atoms with Gasteiger partial charge in [0.2, 0.25) is 5.91 Å². The Hall–Kier alpha value is -2.28. The lowest BCUT2D eigenvalue weighted by molar-refractivity contribution is -0.118. The number of pyridine rings is 1. The number of aromatic nitrogens is 2. The van der Waals surface area contributed by atoms with Crippen molar-refractivity contribution in [3.05, 3.63) is 75.7 Å². The fourth-order valence-electron chi connectivity index (χ4n) is 2.58. The maximum absolute atomic E-state index is 13.0. The van der Waals surface area contributed by atoms with Gasteiger partial charge < -0.3 is 0 Å². The molecule has 1 aromatic carbocycles. The first-order valence-corrected chi connectivity index (χ1v) is 10.0. The maximum Gasteiger partial charge on any atom is 0.234 e. The van der Waals surface area contributed by atoms with E-state index in [0.29, 0.717) is 22.4 Å². The molecule has 3 aromatic heterocycles. The second-order valence-corrected chi connectivity index (χ2v) is 8.46. The van der Waals surface area contributed by atoms with Crippen molar-refractivity contribution in [2.75, 3.05) is 4.90 Å². The van der Waals surface area contributed by atoms with Crippen molar-refractivity contribution in [3.8, 4) is 0 Å². The number of anilines is 1. The molecular weight excluding hydrogens is 386 g/mol. The summed E-state index contributed by atoms with van der Waals surface area (Å²) in [4.78, 5) is 24.7. The van der Waals surface area contributed by atoms with E-state index >= 15 is 0 Å². The summed E-state index contributed by atoms with van der Waals surface area (Å²) in [6.07, 6.45) is 2.02. The standard InChI is InChI=1S/C19H14ClN3OS2/c20-17-9-8-14(25-17)11-18(24)23(12-13-5-3-4-10-21-13)19-22-15-6-1-2-7-16(15)26-19/h1-10H,11-12H2. The molecule has 0 bridgehead atoms. The van der Waals surface area contributed by atoms with E-state index in [1.165, 1.54) is 22.7 Å². The van der Waals surface area contributed by atoms with Crippen molar-refractivity contribution in [3.63, 3.8) is 0 Å². The molecule has 130 valence electrons. The van der Waals surface area contributed by atoms with E-state index in [9.17, 15) is 4.79 Å². The van der Waals surface area contributed by atoms with Crippen molar-refractivity contribution >= 4 is 55.5 Å². The molecule has 0 unspecified atom stereocenters. The number of carbonyl (C=O) groups excluding carboxylic acids is 1. The quantitative estimate of drug-likeness (QED) is 0.464. The Morgan fingerprint density at radius 3 is 2.62 bits per heavy atom. The second kappa shape index (κ2) is 7.53. The molecule has 0 aliphatic carbocycles. The summed E-state index contributed by atoms with van der Waals surface area (Å²) in [5.41, 5.74) is 1.72. The fourth-order valence-corrected chi connectivity index (χ4v) is 4.64. The smallest absolute Gasteiger partial charge is 0.234 e. The van der Waals surface area contributed by atoms with Gasteiger partial charge in [-0.05, 0) is 36.4 Å². The van der Waals surface area contributed by atoms with Crippen LogP contribution in [-0.4, -0.2) is 15.9 Å². The Labute approximate surface area is 163 Å². The van der Waals surface area contributed by atoms with E-state index in [1.807, 2.05) is 54.6 Å². The van der Waals surface area contributed by atoms with Gasteiger partial charge in [-0.3, -0.25) is 14.7 Å². The van der Waals surface area contributed by atoms with Crippen molar-refractivity contribution in [1.29, 1.82) is 0 Å². The molecule has 26 heavy (non-hydrogen) atoms. The third kappa shape index (κ3) is 3.77. The van der Waals surface area contributed by atoms with Crippen LogP contribution in [-0.2, 0) is 17.8 Å². The largest absolute Gasteiger partial charge is 0.282 e. The number of fused-ring (bicyclic) bond motifs is 1. The van der Waals surface area contributed by atoms with E-state index in [0.717, 1.165) is 20.8 Å². The lowest BCUT2D eigenvalue weighted by Crippen LogP contribution is -2.31. The molecule has 0 aliphatic heterocycles. The molecule has 1 amide bonds. The van der Waals surface area contributed by atoms with Gasteiger partial charge in [-0.15, -0.1) is 11.3 Å². The summed E-state index contributed by atoms with van der Waals surface area (Å²) in [7, 11) is 0. The highest BCUT2D eigenvalue weighted by Gasteiger charge is 2.21. The van der Waals surface area contributed by atoms with E-state index < -0.39 is 0 Å². The number of amides is 1. The van der Waals surface area contributed by atoms with Crippen LogP contribution in [0.1, 0.15) is 10.6 Å². The van der Waals surface area contributed by atoms with Gasteiger partial charge in [0.1, 0.15) is 0 Å². The number of hydrogen-bond acceptors (Lipinski definition) is 5. The maximum atomic E-state index is 13.0. The molecule has 4 nitrogen and oxygen atoms in total. The molecule has 0 saturated carbocycles. The molecule has 0 atom stereocenters. The number of carbonyl (C=O) groups is 1. The number of hydrogen-bond donors (Lipinski definition) is 0. The first-order chi connectivity index (χ1) is 12.7. The third-order valence-corrected chi connectivity index (χ3v) is 6.11. The van der Waals surface area contributed by atoms with Gasteiger partial charge >= 0.3 is 0 Å². The summed E-state index contributed by atoms with van der Waals surface area (Å²) < 4.78 is 1.74. The predicted octanol–water partition coefficient (Wildman–Crippen LogP) is 5.18. The lowest BCUT2D eigenvalue weighted by atomic mass is 10.3. The van der Waals surface area contributed by atoms with Gasteiger partial charge in [0.25, 0.3) is 0 Å². The van der Waals surface area contributed by atoms with Gasteiger partial charge in [-0.25, -0.2) is 4.98 Å². The topological polar surface area (TPSA) is 46.1 Å². The Kier molecular flexibility index (Phi) is 4.97. The van der Waals surface area contributed by atoms with Crippen LogP contribution in [0.25, 0.3) is 10.2 Å². The van der Waals surface area contributed by atoms with Gasteiger partial charge in [-0.2, -0.15) is 0 Å². The average molecular weight is 400 g/mol. The molecule has 0 aliphatic rings. The zero-order chi connectivity index (χ0) is 17.9. The number of nitrogens with zero attached hydrogens (tertiary/aromatic N) is 3. The monoisotopic (exact) mass is 399 g/mol. The van der Waals surface area contributed by atoms with Gasteiger partial charge in [-0.1, -0.05) is 41.1 Å². The molecule has 3 heterocycles. The van der Waals surface area contributed by atoms with Crippen LogP contribution in [0.2, 0.25) is 4.34 Å². The highest BCUT2D eigenvalue weighted by Crippen LogP contribution is 2.30. The molecule has 0 spiro atoms. The van der Waals surface area contributed by atoms with E-state index in [2.05, 4.69) is 9.97 Å². The molecular formula is C19H14ClN3OS2. The minimum Gasteiger partial charge on any atom is -0.282 e. The average Bonchev–Trinajstić information content (AvgIpc) is 3.26. The first kappa shape index (κ1) is 17.1. The summed E-state index contributed by atoms with van der Waals surface area (Å²) in [6.45, 7) is 0.388. The third-order valence-electron chi connectivity index (χ3n) is 3.82. The van der Waals surface area contributed by atoms with Gasteiger partial charge in [0.05, 0.1) is 33.2 Å². The molecule has 7 heteroatoms. The summed E-state index contributed by atoms with van der Waals surface area (Å²) >= 11 is 8.93. The molecule has 4 rings (SSSR count). The number of rotatable bonds is 5. The SMILES string of the molecule is O=C(Cc1ccc(Cl)s1)N(Cc1ccccn1)c1nc2ccccc2s1. The Balaban J connectivity index is 1.67. The van der Waals surface area contributed by atoms with Crippen LogP contribution in [0, 0.1) is 0 Å². The first-order valence-electron chi connectivity index (χ1n) is 7.99. The molecule has 0 radical (unpaired) electrons. The van der Waals surface area contributed by atoms with Crippen LogP contribution < -0.4 is 4.90 Å². The summed E-state index contributed by atoms with van der Waals surface area (Å²) in [6, 6.07) is 17.3. The van der Waals surface area contributed by atoms with E-state index in [1.54, 1.807) is 11.1 Å². The van der Waals surface area contributed by atoms with E-state index in [-0.39, 0.29) is 5.91 Å². The van der Waals surface area contributed by atoms with Gasteiger partial charge in [0.15, 0.2) is 5.13 Å². The summed E-state index contributed by atoms with van der Waals surface area (Å²) in [5.74, 6) is -0.0202. The second-order valence-electron chi connectivity index (χ2n) is 5.65. The minimum atomic E-state index is -0.0202. The Morgan fingerprint density at radius 1 is 1.04 bits per heavy atom. The fraction of sp³-hybridized carbons (Fsp3) is 0.105. The number of para-hydroxylation sites is 1.